The number of piperazine rings is 1. The number of hydrogen-bond donors (Lipinski definition) is 1. The van der Waals surface area contributed by atoms with Gasteiger partial charge in [-0.15, -0.1) is 0 Å². The van der Waals surface area contributed by atoms with Crippen LogP contribution >= 0.6 is 0 Å². The van der Waals surface area contributed by atoms with Crippen LogP contribution < -0.4 is 5.32 Å². The van der Waals surface area contributed by atoms with Crippen molar-refractivity contribution in [1.29, 1.82) is 0 Å². The van der Waals surface area contributed by atoms with Gasteiger partial charge in [0, 0.05) is 65.5 Å². The van der Waals surface area contributed by atoms with E-state index in [1.54, 1.807) is 6.26 Å². The molecule has 1 atom stereocenters. The standard InChI is InChI=1S/C24H36N6O/c1-20-4-3-10-29(17-20)18-22-7-5-21(6-8-22)16-26-24(25-2)30-13-11-28(12-14-30)19-23-9-15-31-27-23/h5-9,15,20H,3-4,10-14,16-19H2,1-2H3,(H,25,26). The van der Waals surface area contributed by atoms with Crippen molar-refractivity contribution in [2.45, 2.75) is 39.4 Å². The van der Waals surface area contributed by atoms with E-state index in [-0.39, 0.29) is 0 Å². The number of piperidine rings is 1. The second kappa shape index (κ2) is 10.8. The van der Waals surface area contributed by atoms with Crippen LogP contribution in [0, 0.1) is 5.92 Å². The lowest BCUT2D eigenvalue weighted by molar-refractivity contribution is 0.169. The zero-order chi connectivity index (χ0) is 21.5. The van der Waals surface area contributed by atoms with Gasteiger partial charge in [0.1, 0.15) is 6.26 Å². The highest BCUT2D eigenvalue weighted by Crippen LogP contribution is 2.18. The number of aliphatic imine (C=N–C) groups is 1. The molecule has 1 N–H and O–H groups in total. The lowest BCUT2D eigenvalue weighted by Crippen LogP contribution is -2.52. The molecule has 1 aromatic carbocycles. The van der Waals surface area contributed by atoms with E-state index in [1.807, 2.05) is 13.1 Å². The van der Waals surface area contributed by atoms with Crippen LogP contribution in [-0.2, 0) is 19.6 Å². The Bertz CT molecular complexity index is 811. The SMILES string of the molecule is CN=C(NCc1ccc(CN2CCCC(C)C2)cc1)N1CCN(Cc2ccon2)CC1. The molecule has 1 aromatic heterocycles. The maximum Gasteiger partial charge on any atom is 0.194 e. The number of nitrogens with zero attached hydrogens (tertiary/aromatic N) is 5. The van der Waals surface area contributed by atoms with Gasteiger partial charge in [-0.3, -0.25) is 14.8 Å². The number of aromatic nitrogens is 1. The monoisotopic (exact) mass is 424 g/mol. The van der Waals surface area contributed by atoms with E-state index in [4.69, 9.17) is 4.52 Å². The highest BCUT2D eigenvalue weighted by Gasteiger charge is 2.20. The summed E-state index contributed by atoms with van der Waals surface area (Å²) in [5.74, 6) is 1.81. The predicted molar refractivity (Wildman–Crippen MR) is 124 cm³/mol. The minimum absolute atomic E-state index is 0.798. The number of hydrogen-bond acceptors (Lipinski definition) is 5. The normalized spacial score (nSPS) is 21.4. The maximum atomic E-state index is 4.94. The van der Waals surface area contributed by atoms with Gasteiger partial charge in [-0.1, -0.05) is 36.3 Å². The molecule has 4 rings (SSSR count). The second-order valence-corrected chi connectivity index (χ2v) is 8.95. The molecule has 0 aliphatic carbocycles. The van der Waals surface area contributed by atoms with Crippen LogP contribution in [0.2, 0.25) is 0 Å². The first-order valence-corrected chi connectivity index (χ1v) is 11.6. The zero-order valence-corrected chi connectivity index (χ0v) is 19.0. The van der Waals surface area contributed by atoms with Crippen LogP contribution in [0.1, 0.15) is 36.6 Å². The van der Waals surface area contributed by atoms with Crippen molar-refractivity contribution in [3.05, 3.63) is 53.4 Å². The summed E-state index contributed by atoms with van der Waals surface area (Å²) in [6.45, 7) is 11.5. The molecule has 7 heteroatoms. The van der Waals surface area contributed by atoms with Gasteiger partial charge in [0.2, 0.25) is 0 Å². The van der Waals surface area contributed by atoms with Crippen LogP contribution in [0.3, 0.4) is 0 Å². The minimum atomic E-state index is 0.798. The van der Waals surface area contributed by atoms with Crippen LogP contribution in [0.25, 0.3) is 0 Å². The summed E-state index contributed by atoms with van der Waals surface area (Å²) in [5.41, 5.74) is 3.70. The number of benzene rings is 1. The molecule has 0 amide bonds. The molecule has 0 bridgehead atoms. The first-order valence-electron chi connectivity index (χ1n) is 11.6. The summed E-state index contributed by atoms with van der Waals surface area (Å²) in [6, 6.07) is 11.0. The molecular formula is C24H36N6O. The Balaban J connectivity index is 1.21. The maximum absolute atomic E-state index is 4.94. The molecule has 168 valence electrons. The highest BCUT2D eigenvalue weighted by molar-refractivity contribution is 5.80. The molecule has 2 aliphatic rings. The molecule has 1 unspecified atom stereocenters. The number of guanidine groups is 1. The highest BCUT2D eigenvalue weighted by atomic mass is 16.5. The number of nitrogens with one attached hydrogen (secondary N) is 1. The molecule has 7 nitrogen and oxygen atoms in total. The molecule has 0 saturated carbocycles. The van der Waals surface area contributed by atoms with E-state index in [2.05, 4.69) is 61.4 Å². The molecule has 3 heterocycles. The summed E-state index contributed by atoms with van der Waals surface area (Å²) in [6.07, 6.45) is 4.34. The third-order valence-electron chi connectivity index (χ3n) is 6.38. The van der Waals surface area contributed by atoms with Gasteiger partial charge in [-0.05, 0) is 36.4 Å². The fourth-order valence-corrected chi connectivity index (χ4v) is 4.63. The Kier molecular flexibility index (Phi) is 7.59. The molecular weight excluding hydrogens is 388 g/mol. The van der Waals surface area contributed by atoms with Crippen molar-refractivity contribution in [3.8, 4) is 0 Å². The van der Waals surface area contributed by atoms with Gasteiger partial charge in [-0.25, -0.2) is 0 Å². The van der Waals surface area contributed by atoms with Crippen LogP contribution in [0.5, 0.6) is 0 Å². The van der Waals surface area contributed by atoms with Crippen molar-refractivity contribution in [2.75, 3.05) is 46.3 Å². The summed E-state index contributed by atoms with van der Waals surface area (Å²) in [4.78, 5) is 11.8. The van der Waals surface area contributed by atoms with Crippen LogP contribution in [-0.4, -0.2) is 72.1 Å². The summed E-state index contributed by atoms with van der Waals surface area (Å²) >= 11 is 0. The van der Waals surface area contributed by atoms with Gasteiger partial charge in [0.05, 0.1) is 5.69 Å². The van der Waals surface area contributed by atoms with E-state index >= 15 is 0 Å². The summed E-state index contributed by atoms with van der Waals surface area (Å²) < 4.78 is 4.94. The van der Waals surface area contributed by atoms with E-state index in [1.165, 1.54) is 37.1 Å². The predicted octanol–water partition coefficient (Wildman–Crippen LogP) is 2.80. The fourth-order valence-electron chi connectivity index (χ4n) is 4.63. The molecule has 0 radical (unpaired) electrons. The van der Waals surface area contributed by atoms with Crippen LogP contribution in [0.4, 0.5) is 0 Å². The lowest BCUT2D eigenvalue weighted by Gasteiger charge is -2.36. The van der Waals surface area contributed by atoms with E-state index < -0.39 is 0 Å². The zero-order valence-electron chi connectivity index (χ0n) is 19.0. The average molecular weight is 425 g/mol. The van der Waals surface area contributed by atoms with Crippen molar-refractivity contribution >= 4 is 5.96 Å². The van der Waals surface area contributed by atoms with Gasteiger partial charge in [0.15, 0.2) is 5.96 Å². The largest absolute Gasteiger partial charge is 0.364 e. The first-order chi connectivity index (χ1) is 15.2. The summed E-state index contributed by atoms with van der Waals surface area (Å²) in [7, 11) is 1.87. The summed E-state index contributed by atoms with van der Waals surface area (Å²) in [5, 5.41) is 7.56. The van der Waals surface area contributed by atoms with E-state index in [0.29, 0.717) is 0 Å². The molecule has 2 aliphatic heterocycles. The fraction of sp³-hybridized carbons (Fsp3) is 0.583. The smallest absolute Gasteiger partial charge is 0.194 e. The second-order valence-electron chi connectivity index (χ2n) is 8.95. The lowest BCUT2D eigenvalue weighted by atomic mass is 9.99. The van der Waals surface area contributed by atoms with Gasteiger partial charge >= 0.3 is 0 Å². The topological polar surface area (TPSA) is 60.1 Å². The number of likely N-dealkylation sites (tertiary alicyclic amines) is 1. The van der Waals surface area contributed by atoms with Crippen LogP contribution in [0.15, 0.2) is 46.1 Å². The van der Waals surface area contributed by atoms with Gasteiger partial charge < -0.3 is 14.7 Å². The molecule has 2 fully saturated rings. The third kappa shape index (κ3) is 6.31. The third-order valence-corrected chi connectivity index (χ3v) is 6.38. The molecule has 0 spiro atoms. The van der Waals surface area contributed by atoms with Crippen molar-refractivity contribution < 1.29 is 4.52 Å². The molecule has 2 aromatic rings. The minimum Gasteiger partial charge on any atom is -0.364 e. The van der Waals surface area contributed by atoms with Gasteiger partial charge in [-0.2, -0.15) is 0 Å². The number of rotatable bonds is 6. The van der Waals surface area contributed by atoms with E-state index in [9.17, 15) is 0 Å². The average Bonchev–Trinajstić information content (AvgIpc) is 3.29. The first kappa shape index (κ1) is 21.8. The Hall–Kier alpha value is -2.38. The van der Waals surface area contributed by atoms with Crippen molar-refractivity contribution in [3.63, 3.8) is 0 Å². The Morgan fingerprint density at radius 3 is 2.48 bits per heavy atom. The molecule has 2 saturated heterocycles. The Labute approximate surface area is 186 Å². The van der Waals surface area contributed by atoms with E-state index in [0.717, 1.165) is 63.4 Å². The Morgan fingerprint density at radius 2 is 1.81 bits per heavy atom. The quantitative estimate of drug-likeness (QED) is 0.568. The van der Waals surface area contributed by atoms with Crippen molar-refractivity contribution in [1.82, 2.24) is 25.2 Å². The van der Waals surface area contributed by atoms with Crippen molar-refractivity contribution in [2.24, 2.45) is 10.9 Å². The van der Waals surface area contributed by atoms with Gasteiger partial charge in [0.25, 0.3) is 0 Å². The Morgan fingerprint density at radius 1 is 1.03 bits per heavy atom. The molecule has 31 heavy (non-hydrogen) atoms.